The summed E-state index contributed by atoms with van der Waals surface area (Å²) in [5.74, 6) is 4.08. The molecule has 10 aromatic rings. The number of alkyl halides is 3. The van der Waals surface area contributed by atoms with E-state index in [0.717, 1.165) is 56.9 Å². The molecule has 114 heavy (non-hydrogen) atoms. The molecule has 5 unspecified atom stereocenters. The SMILES string of the molecule is CC(=O)c1ccc(C(CC(=O)c2ccccc2)SCCO)cc1.CCc1ccc(C(CC(=O)c2ccccc2)SCCO)cc1.COCCSC(CC(=O)c1ccccc1)c1ccc(OC)cc1.O=C(CC(SCCO)c1ccc(Cl)cc1)c1ccccc1.O=C(CC(SCCO)c1ccc(OC(F)(F)F)cc1)c1ccccc1. The number of ketones is 6. The van der Waals surface area contributed by atoms with E-state index >= 15 is 0 Å². The zero-order valence-corrected chi connectivity index (χ0v) is 69.0. The van der Waals surface area contributed by atoms with Gasteiger partial charge < -0.3 is 34.6 Å². The number of methoxy groups -OCH3 is 2. The quantitative estimate of drug-likeness (QED) is 0.0208. The van der Waals surface area contributed by atoms with Gasteiger partial charge in [0, 0.05) is 133 Å². The summed E-state index contributed by atoms with van der Waals surface area (Å²) < 4.78 is 50.9. The summed E-state index contributed by atoms with van der Waals surface area (Å²) in [6.07, 6.45) is -1.82. The van der Waals surface area contributed by atoms with Crippen LogP contribution >= 0.6 is 70.4 Å². The van der Waals surface area contributed by atoms with E-state index in [-0.39, 0.29) is 99.5 Å². The lowest BCUT2D eigenvalue weighted by molar-refractivity contribution is -0.274. The minimum atomic E-state index is -4.74. The summed E-state index contributed by atoms with van der Waals surface area (Å²) in [5, 5.41) is 36.9. The van der Waals surface area contributed by atoms with Crippen molar-refractivity contribution in [2.45, 2.75) is 85.0 Å². The third-order valence-corrected chi connectivity index (χ3v) is 23.8. The molecule has 0 saturated heterocycles. The van der Waals surface area contributed by atoms with Crippen LogP contribution in [0.2, 0.25) is 5.02 Å². The lowest BCUT2D eigenvalue weighted by Crippen LogP contribution is -2.17. The average molecular weight is 1660 g/mol. The first-order valence-corrected chi connectivity index (χ1v) is 42.7. The number of halogens is 4. The summed E-state index contributed by atoms with van der Waals surface area (Å²) >= 11 is 13.8. The normalized spacial score (nSPS) is 12.1. The molecule has 0 aromatic heterocycles. The van der Waals surface area contributed by atoms with Gasteiger partial charge in [0.2, 0.25) is 0 Å². The van der Waals surface area contributed by atoms with Crippen LogP contribution in [0.1, 0.15) is 168 Å². The zero-order chi connectivity index (χ0) is 82.3. The Morgan fingerprint density at radius 2 is 0.605 bits per heavy atom. The van der Waals surface area contributed by atoms with Crippen LogP contribution in [-0.4, -0.2) is 138 Å². The number of thioether (sulfide) groups is 5. The predicted octanol–water partition coefficient (Wildman–Crippen LogP) is 21.6. The molecule has 0 aliphatic rings. The highest BCUT2D eigenvalue weighted by atomic mass is 35.5. The Kier molecular flexibility index (Phi) is 44.3. The number of benzene rings is 10. The van der Waals surface area contributed by atoms with Crippen molar-refractivity contribution in [3.63, 3.8) is 0 Å². The highest BCUT2D eigenvalue weighted by Crippen LogP contribution is 2.39. The summed E-state index contributed by atoms with van der Waals surface area (Å²) in [6.45, 7) is 4.61. The van der Waals surface area contributed by atoms with E-state index in [1.165, 1.54) is 48.5 Å². The summed E-state index contributed by atoms with van der Waals surface area (Å²) in [6, 6.07) is 82.9. The Balaban J connectivity index is 0.000000222. The number of hydrogen-bond acceptors (Lipinski definition) is 18. The number of aliphatic hydroxyl groups excluding tert-OH is 4. The first-order chi connectivity index (χ1) is 55.2. The minimum Gasteiger partial charge on any atom is -0.497 e. The van der Waals surface area contributed by atoms with Crippen molar-refractivity contribution in [2.75, 3.05) is 76.0 Å². The van der Waals surface area contributed by atoms with E-state index < -0.39 is 6.36 Å². The predicted molar refractivity (Wildman–Crippen MR) is 463 cm³/mol. The standard InChI is InChI=1S/C19H22O3S.C19H20O3S.C19H22O2S.C18H17F3O3S.C17H17ClO2S/c1-21-12-13-23-19(16-8-10-17(22-2)11-9-16)14-18(20)15-6-4-3-5-7-15;1-14(21)15-7-9-17(10-8-15)19(23-12-11-20)13-18(22)16-5-3-2-4-6-16;1-2-15-8-10-17(11-9-15)19(22-13-12-20)14-18(21)16-6-4-3-5-7-16;19-18(20,21)24-15-8-6-14(7-9-15)17(25-11-10-22)12-16(23)13-4-2-1-3-5-13;18-15-8-6-14(7-9-15)17(21-11-10-19)12-16(20)13-4-2-1-3-5-13/h3-11,19H,12-14H2,1-2H3;2-10,19-20H,11-13H2,1H3;3-11,19-20H,2,12-14H2,1H3;1-9,17,22H,10-12H2;1-9,17,19H,10-12H2. The van der Waals surface area contributed by atoms with Crippen molar-refractivity contribution < 1.29 is 76.6 Å². The Morgan fingerprint density at radius 1 is 0.351 bits per heavy atom. The maximum atomic E-state index is 12.5. The second kappa shape index (κ2) is 53.6. The van der Waals surface area contributed by atoms with Crippen LogP contribution in [0.4, 0.5) is 13.2 Å². The number of rotatable bonds is 40. The molecule has 0 amide bonds. The molecule has 602 valence electrons. The van der Waals surface area contributed by atoms with Gasteiger partial charge in [0.05, 0.1) is 40.1 Å². The van der Waals surface area contributed by atoms with Crippen LogP contribution in [0, 0.1) is 0 Å². The third-order valence-electron chi connectivity index (χ3n) is 17.2. The average Bonchev–Trinajstić information content (AvgIpc) is 0.870. The van der Waals surface area contributed by atoms with Crippen LogP contribution in [0.5, 0.6) is 11.5 Å². The second-order valence-electron chi connectivity index (χ2n) is 25.4. The van der Waals surface area contributed by atoms with Crippen LogP contribution in [0.3, 0.4) is 0 Å². The van der Waals surface area contributed by atoms with Crippen molar-refractivity contribution in [1.82, 2.24) is 0 Å². The number of aliphatic hydroxyl groups is 4. The van der Waals surface area contributed by atoms with Gasteiger partial charge in [-0.3, -0.25) is 28.8 Å². The van der Waals surface area contributed by atoms with Crippen LogP contribution in [0.25, 0.3) is 0 Å². The van der Waals surface area contributed by atoms with Gasteiger partial charge >= 0.3 is 6.36 Å². The zero-order valence-electron chi connectivity index (χ0n) is 64.2. The maximum Gasteiger partial charge on any atom is 0.573 e. The Bertz CT molecular complexity index is 4390. The Morgan fingerprint density at radius 3 is 0.851 bits per heavy atom. The number of aryl methyl sites for hydroxylation is 1. The molecule has 0 radical (unpaired) electrons. The number of carbonyl (C=O) groups is 6. The molecule has 10 rings (SSSR count). The van der Waals surface area contributed by atoms with Crippen molar-refractivity contribution in [3.8, 4) is 11.5 Å². The van der Waals surface area contributed by atoms with E-state index in [9.17, 15) is 41.9 Å². The third kappa shape index (κ3) is 35.3. The molecule has 0 heterocycles. The Hall–Kier alpha value is -8.55. The van der Waals surface area contributed by atoms with E-state index in [4.69, 9.17) is 41.5 Å². The van der Waals surface area contributed by atoms with E-state index in [1.807, 2.05) is 188 Å². The van der Waals surface area contributed by atoms with E-state index in [1.54, 1.807) is 97.7 Å². The monoisotopic (exact) mass is 1660 g/mol. The van der Waals surface area contributed by atoms with Crippen LogP contribution < -0.4 is 9.47 Å². The van der Waals surface area contributed by atoms with Gasteiger partial charge in [-0.1, -0.05) is 255 Å². The van der Waals surface area contributed by atoms with Crippen LogP contribution in [0.15, 0.2) is 273 Å². The van der Waals surface area contributed by atoms with Gasteiger partial charge in [-0.05, 0) is 83.1 Å². The smallest absolute Gasteiger partial charge is 0.497 e. The molecule has 0 spiro atoms. The molecule has 13 nitrogen and oxygen atoms in total. The first kappa shape index (κ1) is 94.3. The van der Waals surface area contributed by atoms with Gasteiger partial charge in [0.15, 0.2) is 34.7 Å². The Labute approximate surface area is 694 Å². The van der Waals surface area contributed by atoms with Gasteiger partial charge in [-0.2, -0.15) is 58.8 Å². The molecular weight excluding hydrogens is 1570 g/mol. The molecule has 0 fully saturated rings. The van der Waals surface area contributed by atoms with Gasteiger partial charge in [0.25, 0.3) is 0 Å². The highest BCUT2D eigenvalue weighted by Gasteiger charge is 2.31. The number of carbonyl (C=O) groups excluding carboxylic acids is 6. The summed E-state index contributed by atoms with van der Waals surface area (Å²) in [7, 11) is 3.34. The molecule has 0 aliphatic heterocycles. The molecular formula is C92H98ClF3O13S5. The minimum absolute atomic E-state index is 0.0245. The number of ether oxygens (including phenoxy) is 3. The summed E-state index contributed by atoms with van der Waals surface area (Å²) in [5.41, 5.74) is 10.5. The van der Waals surface area contributed by atoms with Crippen molar-refractivity contribution in [2.24, 2.45) is 0 Å². The van der Waals surface area contributed by atoms with Gasteiger partial charge in [-0.25, -0.2) is 0 Å². The maximum absolute atomic E-state index is 12.5. The first-order valence-electron chi connectivity index (χ1n) is 37.1. The molecule has 4 N–H and O–H groups in total. The van der Waals surface area contributed by atoms with Crippen molar-refractivity contribution in [1.29, 1.82) is 0 Å². The fourth-order valence-electron chi connectivity index (χ4n) is 11.3. The van der Waals surface area contributed by atoms with Crippen molar-refractivity contribution >= 4 is 105 Å². The molecule has 0 aliphatic carbocycles. The van der Waals surface area contributed by atoms with E-state index in [2.05, 4.69) is 35.9 Å². The van der Waals surface area contributed by atoms with Gasteiger partial charge in [-0.15, -0.1) is 13.2 Å². The van der Waals surface area contributed by atoms with Crippen molar-refractivity contribution in [3.05, 3.63) is 345 Å². The molecule has 22 heteroatoms. The molecule has 0 bridgehead atoms. The lowest BCUT2D eigenvalue weighted by atomic mass is 10.0. The fraction of sp³-hybridized carbons (Fsp3) is 0.283. The molecule has 10 aromatic carbocycles. The lowest BCUT2D eigenvalue weighted by Gasteiger charge is -2.17. The second-order valence-corrected chi connectivity index (χ2v) is 32.4. The molecule has 0 saturated carbocycles. The number of Topliss-reactive ketones (excluding diaryl/α,β-unsaturated/α-hetero) is 6. The van der Waals surface area contributed by atoms with E-state index in [0.29, 0.717) is 82.6 Å². The van der Waals surface area contributed by atoms with Gasteiger partial charge in [0.1, 0.15) is 11.5 Å². The topological polar surface area (TPSA) is 211 Å². The largest absolute Gasteiger partial charge is 0.573 e. The van der Waals surface area contributed by atoms with Crippen LogP contribution in [-0.2, 0) is 11.2 Å². The number of hydrogen-bond donors (Lipinski definition) is 4. The molecule has 5 atom stereocenters. The fourth-order valence-corrected chi connectivity index (χ4v) is 16.6. The highest BCUT2D eigenvalue weighted by molar-refractivity contribution is 8.00. The summed E-state index contributed by atoms with van der Waals surface area (Å²) in [4.78, 5) is 73.5.